The van der Waals surface area contributed by atoms with Gasteiger partial charge in [-0.05, 0) is 73.5 Å². The van der Waals surface area contributed by atoms with Crippen LogP contribution in [0.3, 0.4) is 0 Å². The minimum atomic E-state index is 0.777. The lowest BCUT2D eigenvalue weighted by Gasteiger charge is -2.13. The topological polar surface area (TPSA) is 45.7 Å². The third-order valence-electron chi connectivity index (χ3n) is 6.39. The predicted molar refractivity (Wildman–Crippen MR) is 158 cm³/mol. The molecular weight excluding hydrogens is 454 g/mol. The van der Waals surface area contributed by atoms with Gasteiger partial charge in [-0.15, -0.1) is 0 Å². The smallest absolute Gasteiger partial charge is 0.201 e. The predicted octanol–water partition coefficient (Wildman–Crippen LogP) is 8.57. The number of aliphatic imine (C=N–C) groups is 1. The molecule has 4 aromatic carbocycles. The highest BCUT2D eigenvalue weighted by atomic mass is 16.5. The van der Waals surface area contributed by atoms with Crippen molar-refractivity contribution >= 4 is 28.1 Å². The Morgan fingerprint density at radius 1 is 0.703 bits per heavy atom. The van der Waals surface area contributed by atoms with E-state index >= 15 is 0 Å². The number of rotatable bonds is 12. The van der Waals surface area contributed by atoms with Gasteiger partial charge in [0.25, 0.3) is 0 Å². The number of hydrogen-bond donors (Lipinski definition) is 2. The number of hydrogen-bond acceptors (Lipinski definition) is 2. The highest BCUT2D eigenvalue weighted by Crippen LogP contribution is 2.25. The summed E-state index contributed by atoms with van der Waals surface area (Å²) in [6.07, 6.45) is 7.10. The van der Waals surface area contributed by atoms with Crippen molar-refractivity contribution in [2.45, 2.75) is 52.4 Å². The van der Waals surface area contributed by atoms with Gasteiger partial charge in [-0.25, -0.2) is 4.99 Å². The van der Waals surface area contributed by atoms with Crippen LogP contribution in [0.25, 0.3) is 10.8 Å². The number of nitrogens with one attached hydrogen (secondary N) is 2. The maximum Gasteiger partial charge on any atom is 0.201 e. The molecule has 0 aliphatic rings. The molecule has 0 amide bonds. The SMILES string of the molecule is Cc1cccc(/N=C(/NCCCCCCCCOc2cccc3ccccc23)Nc2cccc(C)c2)c1. The summed E-state index contributed by atoms with van der Waals surface area (Å²) in [5.41, 5.74) is 4.43. The van der Waals surface area contributed by atoms with Crippen molar-refractivity contribution in [3.63, 3.8) is 0 Å². The summed E-state index contributed by atoms with van der Waals surface area (Å²) in [6.45, 7) is 5.87. The molecule has 0 spiro atoms. The second-order valence-corrected chi connectivity index (χ2v) is 9.67. The zero-order chi connectivity index (χ0) is 25.7. The number of guanidine groups is 1. The van der Waals surface area contributed by atoms with Crippen LogP contribution in [0.4, 0.5) is 11.4 Å². The third kappa shape index (κ3) is 8.68. The zero-order valence-corrected chi connectivity index (χ0v) is 22.2. The molecule has 0 aliphatic carbocycles. The van der Waals surface area contributed by atoms with Crippen LogP contribution in [0.5, 0.6) is 5.75 Å². The molecule has 0 atom stereocenters. The zero-order valence-electron chi connectivity index (χ0n) is 22.2. The molecule has 4 nitrogen and oxygen atoms in total. The van der Waals surface area contributed by atoms with E-state index in [1.807, 2.05) is 12.1 Å². The third-order valence-corrected chi connectivity index (χ3v) is 6.39. The molecule has 0 bridgehead atoms. The molecule has 4 aromatic rings. The Morgan fingerprint density at radius 2 is 1.41 bits per heavy atom. The molecule has 192 valence electrons. The van der Waals surface area contributed by atoms with Crippen LogP contribution >= 0.6 is 0 Å². The van der Waals surface area contributed by atoms with Gasteiger partial charge in [0.15, 0.2) is 0 Å². The maximum absolute atomic E-state index is 6.07. The molecule has 4 heteroatoms. The minimum absolute atomic E-state index is 0.777. The quantitative estimate of drug-likeness (QED) is 0.118. The summed E-state index contributed by atoms with van der Waals surface area (Å²) < 4.78 is 6.07. The Kier molecular flexibility index (Phi) is 10.00. The summed E-state index contributed by atoms with van der Waals surface area (Å²) in [5, 5.41) is 9.41. The summed E-state index contributed by atoms with van der Waals surface area (Å²) in [7, 11) is 0. The van der Waals surface area contributed by atoms with Crippen molar-refractivity contribution in [2.75, 3.05) is 18.5 Å². The van der Waals surface area contributed by atoms with Crippen molar-refractivity contribution in [3.05, 3.63) is 102 Å². The molecular formula is C33H39N3O. The minimum Gasteiger partial charge on any atom is -0.493 e. The lowest BCUT2D eigenvalue weighted by atomic mass is 10.1. The van der Waals surface area contributed by atoms with E-state index in [4.69, 9.17) is 9.73 Å². The van der Waals surface area contributed by atoms with Gasteiger partial charge < -0.3 is 15.4 Å². The fourth-order valence-corrected chi connectivity index (χ4v) is 4.44. The molecule has 0 unspecified atom stereocenters. The van der Waals surface area contributed by atoms with Gasteiger partial charge in [0.2, 0.25) is 5.96 Å². The van der Waals surface area contributed by atoms with Gasteiger partial charge >= 0.3 is 0 Å². The Labute approximate surface area is 221 Å². The molecule has 2 N–H and O–H groups in total. The van der Waals surface area contributed by atoms with E-state index < -0.39 is 0 Å². The second-order valence-electron chi connectivity index (χ2n) is 9.67. The fourth-order valence-electron chi connectivity index (χ4n) is 4.44. The number of anilines is 1. The number of unbranched alkanes of at least 4 members (excludes halogenated alkanes) is 5. The fraction of sp³-hybridized carbons (Fsp3) is 0.303. The highest BCUT2D eigenvalue weighted by Gasteiger charge is 2.03. The molecule has 0 radical (unpaired) electrons. The van der Waals surface area contributed by atoms with Crippen LogP contribution in [0.15, 0.2) is 96.0 Å². The first kappa shape index (κ1) is 26.3. The van der Waals surface area contributed by atoms with Crippen molar-refractivity contribution in [3.8, 4) is 5.75 Å². The van der Waals surface area contributed by atoms with Crippen molar-refractivity contribution in [2.24, 2.45) is 4.99 Å². The Hall–Kier alpha value is -3.79. The van der Waals surface area contributed by atoms with Gasteiger partial charge in [-0.3, -0.25) is 0 Å². The van der Waals surface area contributed by atoms with Crippen LogP contribution < -0.4 is 15.4 Å². The molecule has 0 fully saturated rings. The number of benzene rings is 4. The van der Waals surface area contributed by atoms with Crippen LogP contribution in [0.1, 0.15) is 49.7 Å². The number of nitrogens with zero attached hydrogens (tertiary/aromatic N) is 1. The van der Waals surface area contributed by atoms with E-state index in [1.54, 1.807) is 0 Å². The van der Waals surface area contributed by atoms with Gasteiger partial charge in [-0.1, -0.05) is 86.3 Å². The first-order valence-corrected chi connectivity index (χ1v) is 13.5. The first-order chi connectivity index (χ1) is 18.2. The molecule has 0 aromatic heterocycles. The van der Waals surface area contributed by atoms with Crippen molar-refractivity contribution in [1.29, 1.82) is 0 Å². The average Bonchev–Trinajstić information content (AvgIpc) is 2.90. The van der Waals surface area contributed by atoms with Gasteiger partial charge in [0.1, 0.15) is 5.75 Å². The van der Waals surface area contributed by atoms with E-state index in [2.05, 4.69) is 103 Å². The summed E-state index contributed by atoms with van der Waals surface area (Å²) in [4.78, 5) is 4.84. The molecule has 37 heavy (non-hydrogen) atoms. The maximum atomic E-state index is 6.07. The Bertz CT molecular complexity index is 1290. The monoisotopic (exact) mass is 493 g/mol. The molecule has 0 saturated carbocycles. The van der Waals surface area contributed by atoms with Gasteiger partial charge in [0, 0.05) is 17.6 Å². The summed E-state index contributed by atoms with van der Waals surface area (Å²) in [5.74, 6) is 1.79. The number of fused-ring (bicyclic) bond motifs is 1. The van der Waals surface area contributed by atoms with Crippen molar-refractivity contribution < 1.29 is 4.74 Å². The Balaban J connectivity index is 1.15. The van der Waals surface area contributed by atoms with Crippen LogP contribution in [0, 0.1) is 13.8 Å². The second kappa shape index (κ2) is 14.1. The molecule has 0 aliphatic heterocycles. The van der Waals surface area contributed by atoms with Crippen LogP contribution in [0.2, 0.25) is 0 Å². The standard InChI is InChI=1S/C33H39N3O/c1-26-14-11-18-29(24-26)35-33(36-30-19-12-15-27(2)25-30)34-22-9-5-3-4-6-10-23-37-32-21-13-17-28-16-7-8-20-31(28)32/h7-8,11-21,24-25H,3-6,9-10,22-23H2,1-2H3,(H2,34,35,36). The molecule has 4 rings (SSSR count). The molecule has 0 heterocycles. The van der Waals surface area contributed by atoms with Crippen molar-refractivity contribution in [1.82, 2.24) is 5.32 Å². The van der Waals surface area contributed by atoms with E-state index in [1.165, 1.54) is 47.6 Å². The highest BCUT2D eigenvalue weighted by molar-refractivity contribution is 5.95. The summed E-state index contributed by atoms with van der Waals surface area (Å²) in [6, 6.07) is 31.3. The summed E-state index contributed by atoms with van der Waals surface area (Å²) >= 11 is 0. The lowest BCUT2D eigenvalue weighted by Crippen LogP contribution is -2.31. The van der Waals surface area contributed by atoms with E-state index in [9.17, 15) is 0 Å². The Morgan fingerprint density at radius 3 is 2.24 bits per heavy atom. The average molecular weight is 494 g/mol. The van der Waals surface area contributed by atoms with Crippen LogP contribution in [-0.2, 0) is 0 Å². The molecule has 0 saturated heterocycles. The largest absolute Gasteiger partial charge is 0.493 e. The van der Waals surface area contributed by atoms with Crippen LogP contribution in [-0.4, -0.2) is 19.1 Å². The lowest BCUT2D eigenvalue weighted by molar-refractivity contribution is 0.307. The van der Waals surface area contributed by atoms with E-state index in [0.717, 1.165) is 49.1 Å². The van der Waals surface area contributed by atoms with Gasteiger partial charge in [-0.2, -0.15) is 0 Å². The van der Waals surface area contributed by atoms with E-state index in [-0.39, 0.29) is 0 Å². The normalized spacial score (nSPS) is 11.5. The first-order valence-electron chi connectivity index (χ1n) is 13.5. The van der Waals surface area contributed by atoms with E-state index in [0.29, 0.717) is 0 Å². The van der Waals surface area contributed by atoms with Gasteiger partial charge in [0.05, 0.1) is 12.3 Å². The number of ether oxygens (including phenoxy) is 1. The number of aryl methyl sites for hydroxylation is 2.